The Morgan fingerprint density at radius 3 is 0.938 bits per heavy atom. The van der Waals surface area contributed by atoms with Crippen LogP contribution in [0.5, 0.6) is 0 Å². The Morgan fingerprint density at radius 1 is 0.308 bits per heavy atom. The van der Waals surface area contributed by atoms with Gasteiger partial charge >= 0.3 is 17.9 Å². The van der Waals surface area contributed by atoms with Crippen LogP contribution in [0.4, 0.5) is 0 Å². The fraction of sp³-hybridized carbons (Fsp3) is 0.814. The first kappa shape index (κ1) is 62.4. The molecule has 0 heterocycles. The van der Waals surface area contributed by atoms with E-state index in [1.807, 2.05) is 0 Å². The molecule has 0 saturated carbocycles. The van der Waals surface area contributed by atoms with Crippen LogP contribution in [0, 0.1) is 0 Å². The summed E-state index contributed by atoms with van der Waals surface area (Å²) in [7, 11) is 0. The van der Waals surface area contributed by atoms with Crippen molar-refractivity contribution in [1.82, 2.24) is 0 Å². The van der Waals surface area contributed by atoms with E-state index >= 15 is 0 Å². The Bertz CT molecular complexity index is 1140. The minimum atomic E-state index is -0.782. The molecule has 6 heteroatoms. The summed E-state index contributed by atoms with van der Waals surface area (Å²) >= 11 is 0. The van der Waals surface area contributed by atoms with E-state index in [0.29, 0.717) is 19.3 Å². The van der Waals surface area contributed by atoms with Crippen molar-refractivity contribution in [2.75, 3.05) is 13.2 Å². The number of ether oxygens (including phenoxy) is 3. The highest BCUT2D eigenvalue weighted by Gasteiger charge is 2.19. The number of carbonyl (C=O) groups is 3. The number of esters is 3. The minimum absolute atomic E-state index is 0.0805. The van der Waals surface area contributed by atoms with Crippen molar-refractivity contribution in [1.29, 1.82) is 0 Å². The molecule has 0 saturated heterocycles. The highest BCUT2D eigenvalue weighted by molar-refractivity contribution is 5.71. The van der Waals surface area contributed by atoms with E-state index in [4.69, 9.17) is 14.2 Å². The Hall–Kier alpha value is -2.63. The number of carbonyl (C=O) groups excluding carboxylic acids is 3. The van der Waals surface area contributed by atoms with Gasteiger partial charge in [0, 0.05) is 19.3 Å². The molecule has 0 aliphatic heterocycles. The van der Waals surface area contributed by atoms with Crippen LogP contribution in [0.2, 0.25) is 0 Å². The Balaban J connectivity index is 4.30. The predicted octanol–water partition coefficient (Wildman–Crippen LogP) is 18.7. The summed E-state index contributed by atoms with van der Waals surface area (Å²) in [6.07, 6.45) is 65.3. The lowest BCUT2D eigenvalue weighted by atomic mass is 10.0. The molecule has 65 heavy (non-hydrogen) atoms. The second-order valence-electron chi connectivity index (χ2n) is 18.8. The highest BCUT2D eigenvalue weighted by atomic mass is 16.6. The number of rotatable bonds is 51. The van der Waals surface area contributed by atoms with Gasteiger partial charge in [0.2, 0.25) is 0 Å². The van der Waals surface area contributed by atoms with Gasteiger partial charge in [0.15, 0.2) is 6.10 Å². The van der Waals surface area contributed by atoms with Crippen molar-refractivity contribution < 1.29 is 28.6 Å². The molecule has 0 radical (unpaired) electrons. The maximum absolute atomic E-state index is 12.8. The van der Waals surface area contributed by atoms with E-state index in [1.165, 1.54) is 161 Å². The van der Waals surface area contributed by atoms with Crippen molar-refractivity contribution in [3.05, 3.63) is 48.6 Å². The van der Waals surface area contributed by atoms with Crippen LogP contribution in [0.15, 0.2) is 48.6 Å². The van der Waals surface area contributed by atoms with E-state index in [9.17, 15) is 14.4 Å². The molecule has 6 nitrogen and oxygen atoms in total. The Morgan fingerprint density at radius 2 is 0.569 bits per heavy atom. The van der Waals surface area contributed by atoms with E-state index in [1.54, 1.807) is 0 Å². The second kappa shape index (κ2) is 54.0. The van der Waals surface area contributed by atoms with Gasteiger partial charge in [0.05, 0.1) is 0 Å². The average molecular weight is 911 g/mol. The third-order valence-electron chi connectivity index (χ3n) is 12.3. The predicted molar refractivity (Wildman–Crippen MR) is 279 cm³/mol. The first-order chi connectivity index (χ1) is 32.0. The van der Waals surface area contributed by atoms with E-state index < -0.39 is 6.10 Å². The zero-order valence-corrected chi connectivity index (χ0v) is 43.3. The molecule has 378 valence electrons. The smallest absolute Gasteiger partial charge is 0.306 e. The highest BCUT2D eigenvalue weighted by Crippen LogP contribution is 2.15. The number of allylic oxidation sites excluding steroid dienone is 8. The van der Waals surface area contributed by atoms with Gasteiger partial charge < -0.3 is 14.2 Å². The van der Waals surface area contributed by atoms with Gasteiger partial charge in [-0.25, -0.2) is 0 Å². The summed E-state index contributed by atoms with van der Waals surface area (Å²) in [5.74, 6) is -0.896. The normalized spacial score (nSPS) is 12.4. The number of hydrogen-bond acceptors (Lipinski definition) is 6. The fourth-order valence-electron chi connectivity index (χ4n) is 7.98. The van der Waals surface area contributed by atoms with Gasteiger partial charge in [-0.3, -0.25) is 14.4 Å². The maximum atomic E-state index is 12.8. The lowest BCUT2D eigenvalue weighted by Crippen LogP contribution is -2.30. The second-order valence-corrected chi connectivity index (χ2v) is 18.8. The summed E-state index contributed by atoms with van der Waals surface area (Å²) in [6, 6.07) is 0. The molecule has 0 aliphatic rings. The summed E-state index contributed by atoms with van der Waals surface area (Å²) in [5, 5.41) is 0. The molecular weight excluding hydrogens is 805 g/mol. The van der Waals surface area contributed by atoms with E-state index in [0.717, 1.165) is 89.9 Å². The zero-order chi connectivity index (χ0) is 47.2. The Kier molecular flexibility index (Phi) is 51.8. The molecule has 0 unspecified atom stereocenters. The molecule has 0 spiro atoms. The quantitative estimate of drug-likeness (QED) is 0.0262. The molecule has 0 aromatic heterocycles. The van der Waals surface area contributed by atoms with Gasteiger partial charge in [-0.05, 0) is 96.3 Å². The zero-order valence-electron chi connectivity index (χ0n) is 43.3. The summed E-state index contributed by atoms with van der Waals surface area (Å²) in [6.45, 7) is 6.57. The van der Waals surface area contributed by atoms with Crippen molar-refractivity contribution in [2.24, 2.45) is 0 Å². The summed E-state index contributed by atoms with van der Waals surface area (Å²) < 4.78 is 16.8. The SMILES string of the molecule is CCCC/C=C\CCCCCCCC(=O)OC[C@@H](COC(=O)CCCCCCCCCCCCC/C=C\CCCCCCCC)OC(=O)CCCCCCC/C=C\C/C=C\CCCCC. The fourth-order valence-corrected chi connectivity index (χ4v) is 7.98. The topological polar surface area (TPSA) is 78.9 Å². The van der Waals surface area contributed by atoms with E-state index in [2.05, 4.69) is 69.4 Å². The van der Waals surface area contributed by atoms with Crippen LogP contribution in [-0.4, -0.2) is 37.2 Å². The van der Waals surface area contributed by atoms with Gasteiger partial charge in [-0.15, -0.1) is 0 Å². The molecule has 0 N–H and O–H groups in total. The molecular formula is C59H106O6. The first-order valence-electron chi connectivity index (χ1n) is 28.1. The third-order valence-corrected chi connectivity index (χ3v) is 12.3. The molecule has 1 atom stereocenters. The van der Waals surface area contributed by atoms with Crippen LogP contribution in [0.25, 0.3) is 0 Å². The largest absolute Gasteiger partial charge is 0.462 e. The summed E-state index contributed by atoms with van der Waals surface area (Å²) in [4.78, 5) is 38.0. The van der Waals surface area contributed by atoms with Gasteiger partial charge in [-0.1, -0.05) is 223 Å². The van der Waals surface area contributed by atoms with Crippen LogP contribution in [0.3, 0.4) is 0 Å². The molecule has 0 rings (SSSR count). The van der Waals surface area contributed by atoms with Gasteiger partial charge in [0.1, 0.15) is 13.2 Å². The lowest BCUT2D eigenvalue weighted by molar-refractivity contribution is -0.167. The molecule has 0 aromatic rings. The lowest BCUT2D eigenvalue weighted by Gasteiger charge is -2.18. The van der Waals surface area contributed by atoms with Crippen LogP contribution >= 0.6 is 0 Å². The first-order valence-corrected chi connectivity index (χ1v) is 28.1. The standard InChI is InChI=1S/C59H106O6/c1-4-7-10-13-16-19-22-24-26-27-28-29-30-31-33-34-37-40-43-46-49-52-58(61)64-55-56(54-63-57(60)51-48-45-42-39-36-21-18-15-12-9-6-3)65-59(62)53-50-47-44-41-38-35-32-25-23-20-17-14-11-8-5-2/h15,17-18,20,24-26,32,56H,4-14,16,19,21-23,27-31,33-55H2,1-3H3/b18-15-,20-17-,26-24-,32-25-/t56-/m0/s1. The monoisotopic (exact) mass is 911 g/mol. The Labute approximate surface area is 403 Å². The minimum Gasteiger partial charge on any atom is -0.462 e. The maximum Gasteiger partial charge on any atom is 0.306 e. The summed E-state index contributed by atoms with van der Waals surface area (Å²) in [5.41, 5.74) is 0. The molecule has 0 bridgehead atoms. The molecule has 0 amide bonds. The third kappa shape index (κ3) is 52.2. The van der Waals surface area contributed by atoms with Crippen molar-refractivity contribution in [3.8, 4) is 0 Å². The van der Waals surface area contributed by atoms with Crippen molar-refractivity contribution >= 4 is 17.9 Å². The van der Waals surface area contributed by atoms with Crippen LogP contribution in [-0.2, 0) is 28.6 Å². The van der Waals surface area contributed by atoms with Crippen LogP contribution in [0.1, 0.15) is 290 Å². The van der Waals surface area contributed by atoms with Crippen molar-refractivity contribution in [3.63, 3.8) is 0 Å². The molecule has 0 aliphatic carbocycles. The van der Waals surface area contributed by atoms with Gasteiger partial charge in [-0.2, -0.15) is 0 Å². The molecule has 0 fully saturated rings. The van der Waals surface area contributed by atoms with Crippen molar-refractivity contribution in [2.45, 2.75) is 297 Å². The molecule has 0 aromatic carbocycles. The van der Waals surface area contributed by atoms with Crippen LogP contribution < -0.4 is 0 Å². The number of unbranched alkanes of at least 4 members (excludes halogenated alkanes) is 32. The number of hydrogen-bond donors (Lipinski definition) is 0. The van der Waals surface area contributed by atoms with Gasteiger partial charge in [0.25, 0.3) is 0 Å². The average Bonchev–Trinajstić information content (AvgIpc) is 3.30. The van der Waals surface area contributed by atoms with E-state index in [-0.39, 0.29) is 31.1 Å².